The molecule has 0 radical (unpaired) electrons. The molecule has 0 aliphatic rings. The van der Waals surface area contributed by atoms with Crippen LogP contribution in [-0.4, -0.2) is 14.2 Å². The molecule has 0 amide bonds. The first-order valence-electron chi connectivity index (χ1n) is 9.15. The van der Waals surface area contributed by atoms with Crippen molar-refractivity contribution < 1.29 is 9.47 Å². The van der Waals surface area contributed by atoms with Crippen LogP contribution in [0, 0.1) is 13.8 Å². The van der Waals surface area contributed by atoms with E-state index in [1.165, 1.54) is 11.1 Å². The van der Waals surface area contributed by atoms with Gasteiger partial charge < -0.3 is 14.4 Å². The molecule has 0 fully saturated rings. The molecule has 3 rings (SSSR count). The number of rotatable bonds is 7. The molecule has 3 aromatic carbocycles. The second-order valence-electron chi connectivity index (χ2n) is 6.80. The Labute approximate surface area is 162 Å². The maximum Gasteiger partial charge on any atom is 0.0713 e. The molecule has 0 aliphatic heterocycles. The maximum absolute atomic E-state index is 5.24. The lowest BCUT2D eigenvalue weighted by molar-refractivity contribution is 0.185. The summed E-state index contributed by atoms with van der Waals surface area (Å²) in [6, 6.07) is 23.6. The van der Waals surface area contributed by atoms with Gasteiger partial charge in [-0.15, -0.1) is 0 Å². The van der Waals surface area contributed by atoms with E-state index in [4.69, 9.17) is 9.47 Å². The molecule has 3 nitrogen and oxygen atoms in total. The number of aryl methyl sites for hydroxylation is 2. The van der Waals surface area contributed by atoms with E-state index in [9.17, 15) is 0 Å². The van der Waals surface area contributed by atoms with Gasteiger partial charge in [0.2, 0.25) is 0 Å². The first-order chi connectivity index (χ1) is 13.1. The molecule has 3 heteroatoms. The predicted octanol–water partition coefficient (Wildman–Crippen LogP) is 6.07. The van der Waals surface area contributed by atoms with Gasteiger partial charge in [-0.2, -0.15) is 0 Å². The summed E-state index contributed by atoms with van der Waals surface area (Å²) in [6.45, 7) is 5.54. The van der Waals surface area contributed by atoms with E-state index >= 15 is 0 Å². The Morgan fingerprint density at radius 1 is 0.593 bits per heavy atom. The summed E-state index contributed by atoms with van der Waals surface area (Å²) in [5.74, 6) is 0. The van der Waals surface area contributed by atoms with Crippen molar-refractivity contribution in [3.63, 3.8) is 0 Å². The van der Waals surface area contributed by atoms with E-state index in [0.29, 0.717) is 13.2 Å². The van der Waals surface area contributed by atoms with E-state index in [1.54, 1.807) is 14.2 Å². The second kappa shape index (κ2) is 8.85. The Balaban J connectivity index is 2.03. The molecule has 140 valence electrons. The van der Waals surface area contributed by atoms with Crippen LogP contribution in [0.25, 0.3) is 0 Å². The molecule has 0 aliphatic carbocycles. The zero-order valence-electron chi connectivity index (χ0n) is 16.5. The molecule has 0 saturated heterocycles. The standard InChI is InChI=1S/C24H27NO2/c1-18-5-10-24(15-19(18)2)25(22-11-6-20(7-12-22)16-26-3)23-13-8-21(9-14-23)17-27-4/h5-15H,16-17H2,1-4H3. The molecule has 0 N–H and O–H groups in total. The smallest absolute Gasteiger partial charge is 0.0713 e. The lowest BCUT2D eigenvalue weighted by Gasteiger charge is -2.26. The Hall–Kier alpha value is -2.62. The number of hydrogen-bond acceptors (Lipinski definition) is 3. The van der Waals surface area contributed by atoms with Crippen LogP contribution in [0.4, 0.5) is 17.1 Å². The van der Waals surface area contributed by atoms with Gasteiger partial charge in [0.05, 0.1) is 13.2 Å². The van der Waals surface area contributed by atoms with E-state index in [2.05, 4.69) is 85.5 Å². The third kappa shape index (κ3) is 4.57. The van der Waals surface area contributed by atoms with Crippen molar-refractivity contribution in [1.82, 2.24) is 0 Å². The maximum atomic E-state index is 5.24. The minimum absolute atomic E-state index is 0.621. The van der Waals surface area contributed by atoms with Gasteiger partial charge in [-0.25, -0.2) is 0 Å². The number of benzene rings is 3. The Morgan fingerprint density at radius 2 is 1.04 bits per heavy atom. The van der Waals surface area contributed by atoms with Crippen molar-refractivity contribution in [2.75, 3.05) is 19.1 Å². The summed E-state index contributed by atoms with van der Waals surface area (Å²) in [5, 5.41) is 0. The minimum atomic E-state index is 0.621. The highest BCUT2D eigenvalue weighted by atomic mass is 16.5. The van der Waals surface area contributed by atoms with E-state index in [0.717, 1.165) is 28.2 Å². The highest BCUT2D eigenvalue weighted by molar-refractivity contribution is 5.77. The molecule has 0 atom stereocenters. The zero-order valence-corrected chi connectivity index (χ0v) is 16.5. The lowest BCUT2D eigenvalue weighted by atomic mass is 10.1. The topological polar surface area (TPSA) is 21.7 Å². The molecule has 0 spiro atoms. The van der Waals surface area contributed by atoms with Crippen LogP contribution < -0.4 is 4.90 Å². The van der Waals surface area contributed by atoms with Crippen LogP contribution in [0.3, 0.4) is 0 Å². The molecular formula is C24H27NO2. The lowest BCUT2D eigenvalue weighted by Crippen LogP contribution is -2.10. The SMILES string of the molecule is COCc1ccc(N(c2ccc(COC)cc2)c2ccc(C)c(C)c2)cc1. The molecule has 0 aromatic heterocycles. The van der Waals surface area contributed by atoms with Gasteiger partial charge in [-0.05, 0) is 72.5 Å². The number of hydrogen-bond donors (Lipinski definition) is 0. The fraction of sp³-hybridized carbons (Fsp3) is 0.250. The summed E-state index contributed by atoms with van der Waals surface area (Å²) in [4.78, 5) is 2.28. The van der Waals surface area contributed by atoms with Gasteiger partial charge in [0.1, 0.15) is 0 Å². The molecule has 0 heterocycles. The number of nitrogens with zero attached hydrogens (tertiary/aromatic N) is 1. The highest BCUT2D eigenvalue weighted by Gasteiger charge is 2.13. The van der Waals surface area contributed by atoms with Gasteiger partial charge in [0.15, 0.2) is 0 Å². The number of methoxy groups -OCH3 is 2. The highest BCUT2D eigenvalue weighted by Crippen LogP contribution is 2.35. The molecule has 0 bridgehead atoms. The molecule has 27 heavy (non-hydrogen) atoms. The van der Waals surface area contributed by atoms with Gasteiger partial charge in [-0.1, -0.05) is 30.3 Å². The van der Waals surface area contributed by atoms with Crippen molar-refractivity contribution >= 4 is 17.1 Å². The van der Waals surface area contributed by atoms with E-state index in [1.807, 2.05) is 0 Å². The van der Waals surface area contributed by atoms with Crippen molar-refractivity contribution in [1.29, 1.82) is 0 Å². The van der Waals surface area contributed by atoms with Crippen LogP contribution in [0.5, 0.6) is 0 Å². The van der Waals surface area contributed by atoms with Gasteiger partial charge in [0.25, 0.3) is 0 Å². The second-order valence-corrected chi connectivity index (χ2v) is 6.80. The first kappa shape index (κ1) is 19.2. The molecule has 3 aromatic rings. The van der Waals surface area contributed by atoms with Crippen LogP contribution in [0.1, 0.15) is 22.3 Å². The summed E-state index contributed by atoms with van der Waals surface area (Å²) in [6.07, 6.45) is 0. The average molecular weight is 361 g/mol. The van der Waals surface area contributed by atoms with Crippen molar-refractivity contribution in [3.8, 4) is 0 Å². The van der Waals surface area contributed by atoms with Crippen molar-refractivity contribution in [2.45, 2.75) is 27.1 Å². The Kier molecular flexibility index (Phi) is 6.28. The van der Waals surface area contributed by atoms with Crippen LogP contribution in [-0.2, 0) is 22.7 Å². The third-order valence-electron chi connectivity index (χ3n) is 4.76. The normalized spacial score (nSPS) is 10.8. The third-order valence-corrected chi connectivity index (χ3v) is 4.76. The van der Waals surface area contributed by atoms with Gasteiger partial charge >= 0.3 is 0 Å². The monoisotopic (exact) mass is 361 g/mol. The molecular weight excluding hydrogens is 334 g/mol. The van der Waals surface area contributed by atoms with Gasteiger partial charge in [0, 0.05) is 31.3 Å². The summed E-state index contributed by atoms with van der Waals surface area (Å²) in [5.41, 5.74) is 8.30. The Bertz CT molecular complexity index is 820. The Morgan fingerprint density at radius 3 is 1.44 bits per heavy atom. The fourth-order valence-corrected chi connectivity index (χ4v) is 3.13. The fourth-order valence-electron chi connectivity index (χ4n) is 3.13. The number of ether oxygens (including phenoxy) is 2. The molecule has 0 unspecified atom stereocenters. The average Bonchev–Trinajstić information content (AvgIpc) is 2.68. The molecule has 0 saturated carbocycles. The van der Waals surface area contributed by atoms with Crippen LogP contribution in [0.15, 0.2) is 66.7 Å². The number of anilines is 3. The summed E-state index contributed by atoms with van der Waals surface area (Å²) >= 11 is 0. The van der Waals surface area contributed by atoms with Crippen molar-refractivity contribution in [2.24, 2.45) is 0 Å². The minimum Gasteiger partial charge on any atom is -0.380 e. The van der Waals surface area contributed by atoms with E-state index < -0.39 is 0 Å². The first-order valence-corrected chi connectivity index (χ1v) is 9.15. The van der Waals surface area contributed by atoms with Crippen LogP contribution >= 0.6 is 0 Å². The quantitative estimate of drug-likeness (QED) is 0.510. The summed E-state index contributed by atoms with van der Waals surface area (Å²) in [7, 11) is 3.44. The van der Waals surface area contributed by atoms with Crippen LogP contribution in [0.2, 0.25) is 0 Å². The summed E-state index contributed by atoms with van der Waals surface area (Å²) < 4.78 is 10.5. The van der Waals surface area contributed by atoms with E-state index in [-0.39, 0.29) is 0 Å². The van der Waals surface area contributed by atoms with Crippen molar-refractivity contribution in [3.05, 3.63) is 89.0 Å². The largest absolute Gasteiger partial charge is 0.380 e. The zero-order chi connectivity index (χ0) is 19.2. The predicted molar refractivity (Wildman–Crippen MR) is 112 cm³/mol. The van der Waals surface area contributed by atoms with Gasteiger partial charge in [-0.3, -0.25) is 0 Å².